The molecule has 0 aliphatic heterocycles. The summed E-state index contributed by atoms with van der Waals surface area (Å²) >= 11 is 0. The first kappa shape index (κ1) is 16.9. The molecule has 0 amide bonds. The fourth-order valence-corrected chi connectivity index (χ4v) is 1.99. The molecule has 0 spiro atoms. The van der Waals surface area contributed by atoms with E-state index in [1.807, 2.05) is 6.92 Å². The first-order chi connectivity index (χ1) is 9.41. The summed E-state index contributed by atoms with van der Waals surface area (Å²) in [6.07, 6.45) is 0.0993. The lowest BCUT2D eigenvalue weighted by Crippen LogP contribution is -2.40. The largest absolute Gasteiger partial charge is 0.491 e. The van der Waals surface area contributed by atoms with Gasteiger partial charge in [-0.2, -0.15) is 0 Å². The molecule has 1 rings (SSSR count). The van der Waals surface area contributed by atoms with Crippen molar-refractivity contribution in [1.29, 1.82) is 0 Å². The van der Waals surface area contributed by atoms with Crippen molar-refractivity contribution in [3.8, 4) is 5.75 Å². The molecule has 0 bridgehead atoms. The lowest BCUT2D eigenvalue weighted by atomic mass is 10.2. The summed E-state index contributed by atoms with van der Waals surface area (Å²) in [6.45, 7) is 6.09. The second kappa shape index (κ2) is 8.19. The molecular formula is C15H24FNO3. The van der Waals surface area contributed by atoms with Crippen LogP contribution in [0.25, 0.3) is 0 Å². The van der Waals surface area contributed by atoms with Gasteiger partial charge in [0.25, 0.3) is 0 Å². The smallest absolute Gasteiger partial charge is 0.165 e. The van der Waals surface area contributed by atoms with Crippen LogP contribution in [0.15, 0.2) is 18.2 Å². The molecule has 2 atom stereocenters. The second-order valence-electron chi connectivity index (χ2n) is 4.99. The number of rotatable bonds is 8. The molecule has 114 valence electrons. The van der Waals surface area contributed by atoms with E-state index in [1.165, 1.54) is 6.07 Å². The Morgan fingerprint density at radius 2 is 1.85 bits per heavy atom. The van der Waals surface area contributed by atoms with Crippen LogP contribution >= 0.6 is 0 Å². The molecule has 1 aromatic carbocycles. The van der Waals surface area contributed by atoms with Gasteiger partial charge >= 0.3 is 0 Å². The van der Waals surface area contributed by atoms with E-state index in [-0.39, 0.29) is 11.6 Å². The van der Waals surface area contributed by atoms with Gasteiger partial charge in [0.1, 0.15) is 12.5 Å². The molecule has 2 unspecified atom stereocenters. The van der Waals surface area contributed by atoms with Crippen molar-refractivity contribution >= 4 is 0 Å². The molecule has 2 N–H and O–H groups in total. The maximum atomic E-state index is 13.4. The first-order valence-corrected chi connectivity index (χ1v) is 6.92. The maximum absolute atomic E-state index is 13.4. The zero-order valence-corrected chi connectivity index (χ0v) is 12.3. The van der Waals surface area contributed by atoms with Gasteiger partial charge in [-0.05, 0) is 51.3 Å². The number of benzene rings is 1. The van der Waals surface area contributed by atoms with Gasteiger partial charge in [-0.3, -0.25) is 4.90 Å². The lowest BCUT2D eigenvalue weighted by Gasteiger charge is -2.27. The fourth-order valence-electron chi connectivity index (χ4n) is 1.99. The third-order valence-corrected chi connectivity index (χ3v) is 3.11. The van der Waals surface area contributed by atoms with E-state index in [0.29, 0.717) is 13.2 Å². The molecule has 0 radical (unpaired) electrons. The minimum absolute atomic E-state index is 0.271. The Morgan fingerprint density at radius 3 is 2.45 bits per heavy atom. The van der Waals surface area contributed by atoms with Gasteiger partial charge in [-0.15, -0.1) is 0 Å². The van der Waals surface area contributed by atoms with E-state index in [9.17, 15) is 14.6 Å². The van der Waals surface area contributed by atoms with E-state index in [4.69, 9.17) is 4.74 Å². The van der Waals surface area contributed by atoms with Gasteiger partial charge in [-0.1, -0.05) is 6.07 Å². The monoisotopic (exact) mass is 285 g/mol. The highest BCUT2D eigenvalue weighted by Crippen LogP contribution is 2.18. The number of hydrogen-bond acceptors (Lipinski definition) is 4. The highest BCUT2D eigenvalue weighted by atomic mass is 19.1. The first-order valence-electron chi connectivity index (χ1n) is 6.92. The Balaban J connectivity index is 2.30. The van der Waals surface area contributed by atoms with Gasteiger partial charge < -0.3 is 14.9 Å². The SMILES string of the molecule is Cc1ccc(F)c(OCCCCN(C(C)O)C(C)O)c1. The van der Waals surface area contributed by atoms with Gasteiger partial charge in [0, 0.05) is 6.54 Å². The number of aryl methyl sites for hydroxylation is 1. The summed E-state index contributed by atoms with van der Waals surface area (Å²) in [5.41, 5.74) is 0.954. The van der Waals surface area contributed by atoms with E-state index < -0.39 is 12.5 Å². The average molecular weight is 285 g/mol. The summed E-state index contributed by atoms with van der Waals surface area (Å²) in [5, 5.41) is 18.9. The third kappa shape index (κ3) is 5.45. The van der Waals surface area contributed by atoms with Gasteiger partial charge in [0.2, 0.25) is 0 Å². The van der Waals surface area contributed by atoms with Crippen LogP contribution in [0.3, 0.4) is 0 Å². The van der Waals surface area contributed by atoms with Crippen LogP contribution in [0.4, 0.5) is 4.39 Å². The number of nitrogens with zero attached hydrogens (tertiary/aromatic N) is 1. The highest BCUT2D eigenvalue weighted by molar-refractivity contribution is 5.29. The van der Waals surface area contributed by atoms with Crippen molar-refractivity contribution in [1.82, 2.24) is 4.90 Å². The van der Waals surface area contributed by atoms with Crippen LogP contribution < -0.4 is 4.74 Å². The Labute approximate surface area is 119 Å². The standard InChI is InChI=1S/C15H24FNO3/c1-11-6-7-14(16)15(10-11)20-9-5-4-8-17(12(2)18)13(3)19/h6-7,10,12-13,18-19H,4-5,8-9H2,1-3H3. The number of halogens is 1. The van der Waals surface area contributed by atoms with E-state index >= 15 is 0 Å². The molecule has 0 aliphatic rings. The van der Waals surface area contributed by atoms with Gasteiger partial charge in [0.05, 0.1) is 6.61 Å². The number of aliphatic hydroxyl groups excluding tert-OH is 2. The Bertz CT molecular complexity index is 402. The van der Waals surface area contributed by atoms with Crippen molar-refractivity contribution in [2.75, 3.05) is 13.2 Å². The molecule has 0 aliphatic carbocycles. The lowest BCUT2D eigenvalue weighted by molar-refractivity contribution is -0.0846. The van der Waals surface area contributed by atoms with Crippen molar-refractivity contribution in [3.05, 3.63) is 29.6 Å². The van der Waals surface area contributed by atoms with E-state index in [2.05, 4.69) is 0 Å². The van der Waals surface area contributed by atoms with Crippen molar-refractivity contribution in [3.63, 3.8) is 0 Å². The quantitative estimate of drug-likeness (QED) is 0.568. The van der Waals surface area contributed by atoms with Crippen molar-refractivity contribution < 1.29 is 19.3 Å². The topological polar surface area (TPSA) is 52.9 Å². The zero-order valence-electron chi connectivity index (χ0n) is 12.3. The molecule has 5 heteroatoms. The van der Waals surface area contributed by atoms with Gasteiger partial charge in [0.15, 0.2) is 11.6 Å². The Kier molecular flexibility index (Phi) is 6.91. The summed E-state index contributed by atoms with van der Waals surface area (Å²) in [6, 6.07) is 4.77. The van der Waals surface area contributed by atoms with Crippen molar-refractivity contribution in [2.24, 2.45) is 0 Å². The summed E-state index contributed by atoms with van der Waals surface area (Å²) < 4.78 is 18.8. The predicted octanol–water partition coefficient (Wildman–Crippen LogP) is 2.27. The molecule has 0 heterocycles. The molecule has 0 fully saturated rings. The van der Waals surface area contributed by atoms with E-state index in [1.54, 1.807) is 30.9 Å². The van der Waals surface area contributed by atoms with E-state index in [0.717, 1.165) is 18.4 Å². The third-order valence-electron chi connectivity index (χ3n) is 3.11. The summed E-state index contributed by atoms with van der Waals surface area (Å²) in [5.74, 6) is -0.0851. The molecule has 20 heavy (non-hydrogen) atoms. The summed E-state index contributed by atoms with van der Waals surface area (Å²) in [4.78, 5) is 1.58. The Hall–Kier alpha value is -1.17. The maximum Gasteiger partial charge on any atom is 0.165 e. The zero-order chi connectivity index (χ0) is 15.1. The number of hydrogen-bond donors (Lipinski definition) is 2. The number of ether oxygens (including phenoxy) is 1. The molecule has 4 nitrogen and oxygen atoms in total. The van der Waals surface area contributed by atoms with Crippen LogP contribution in [0.1, 0.15) is 32.3 Å². The molecule has 0 aromatic heterocycles. The van der Waals surface area contributed by atoms with Gasteiger partial charge in [-0.25, -0.2) is 4.39 Å². The minimum atomic E-state index is -0.690. The van der Waals surface area contributed by atoms with Crippen LogP contribution in [-0.4, -0.2) is 40.7 Å². The fraction of sp³-hybridized carbons (Fsp3) is 0.600. The summed E-state index contributed by atoms with van der Waals surface area (Å²) in [7, 11) is 0. The second-order valence-corrected chi connectivity index (χ2v) is 4.99. The predicted molar refractivity (Wildman–Crippen MR) is 75.9 cm³/mol. The van der Waals surface area contributed by atoms with Crippen LogP contribution in [-0.2, 0) is 0 Å². The Morgan fingerprint density at radius 1 is 1.20 bits per heavy atom. The minimum Gasteiger partial charge on any atom is -0.491 e. The normalized spacial score (nSPS) is 14.3. The highest BCUT2D eigenvalue weighted by Gasteiger charge is 2.15. The molecule has 0 saturated heterocycles. The van der Waals surface area contributed by atoms with Crippen molar-refractivity contribution in [2.45, 2.75) is 46.1 Å². The average Bonchev–Trinajstić information content (AvgIpc) is 2.36. The van der Waals surface area contributed by atoms with Crippen LogP contribution in [0, 0.1) is 12.7 Å². The van der Waals surface area contributed by atoms with Crippen LogP contribution in [0.5, 0.6) is 5.75 Å². The van der Waals surface area contributed by atoms with Crippen LogP contribution in [0.2, 0.25) is 0 Å². The molecular weight excluding hydrogens is 261 g/mol. The number of aliphatic hydroxyl groups is 2. The molecule has 0 saturated carbocycles. The molecule has 1 aromatic rings. The number of unbranched alkanes of at least 4 members (excludes halogenated alkanes) is 1.